The fourth-order valence-electron chi connectivity index (χ4n) is 7.42. The van der Waals surface area contributed by atoms with Crippen LogP contribution in [-0.4, -0.2) is 47.5 Å². The van der Waals surface area contributed by atoms with E-state index in [2.05, 4.69) is 94.1 Å². The van der Waals surface area contributed by atoms with E-state index in [0.29, 0.717) is 0 Å². The summed E-state index contributed by atoms with van der Waals surface area (Å²) < 4.78 is 27.8. The molecule has 5 heterocycles. The number of nitrogens with zero attached hydrogens (tertiary/aromatic N) is 4. The molecule has 2 aliphatic heterocycles. The quantitative estimate of drug-likeness (QED) is 0.155. The Bertz CT molecular complexity index is 2690. The van der Waals surface area contributed by atoms with E-state index >= 15 is 0 Å². The summed E-state index contributed by atoms with van der Waals surface area (Å²) in [5.41, 5.74) is 12.9. The second-order valence-corrected chi connectivity index (χ2v) is 13.4. The zero-order valence-corrected chi connectivity index (χ0v) is 31.4. The first-order chi connectivity index (χ1) is 27.5. The van der Waals surface area contributed by atoms with Crippen LogP contribution in [0.3, 0.4) is 0 Å². The fraction of sp³-hybridized carbons (Fsp3) is 0.0833. The fourth-order valence-corrected chi connectivity index (χ4v) is 7.42. The highest BCUT2D eigenvalue weighted by Gasteiger charge is 2.22. The molecule has 0 radical (unpaired) electrons. The molecule has 274 valence electrons. The smallest absolute Gasteiger partial charge is 0.120 e. The highest BCUT2D eigenvalue weighted by Crippen LogP contribution is 2.42. The van der Waals surface area contributed by atoms with Gasteiger partial charge in [-0.2, -0.15) is 0 Å². The molecule has 8 nitrogen and oxygen atoms in total. The van der Waals surface area contributed by atoms with E-state index in [1.54, 1.807) is 28.4 Å². The van der Waals surface area contributed by atoms with Crippen molar-refractivity contribution in [1.29, 1.82) is 0 Å². The number of rotatable bonds is 8. The molecule has 0 fully saturated rings. The maximum Gasteiger partial charge on any atom is 0.120 e. The van der Waals surface area contributed by atoms with Crippen LogP contribution >= 0.6 is 0 Å². The van der Waals surface area contributed by atoms with Crippen LogP contribution in [0.5, 0.6) is 23.0 Å². The van der Waals surface area contributed by atoms with Gasteiger partial charge < -0.3 is 28.1 Å². The van der Waals surface area contributed by atoms with Crippen molar-refractivity contribution in [3.05, 3.63) is 156 Å². The van der Waals surface area contributed by atoms with Crippen molar-refractivity contribution in [1.82, 2.24) is 19.1 Å². The topological polar surface area (TPSA) is 72.6 Å². The van der Waals surface area contributed by atoms with Crippen LogP contribution < -0.4 is 18.9 Å². The van der Waals surface area contributed by atoms with Gasteiger partial charge in [0.1, 0.15) is 23.0 Å². The van der Waals surface area contributed by atoms with E-state index in [0.717, 1.165) is 101 Å². The molecule has 8 heteroatoms. The summed E-state index contributed by atoms with van der Waals surface area (Å²) in [6, 6.07) is 45.6. The van der Waals surface area contributed by atoms with Crippen LogP contribution in [0.4, 0.5) is 0 Å². The van der Waals surface area contributed by atoms with E-state index in [4.69, 9.17) is 28.9 Å². The second kappa shape index (κ2) is 14.5. The molecule has 56 heavy (non-hydrogen) atoms. The van der Waals surface area contributed by atoms with Gasteiger partial charge in [0.25, 0.3) is 0 Å². The first-order valence-corrected chi connectivity index (χ1v) is 18.3. The van der Waals surface area contributed by atoms with Crippen LogP contribution in [0, 0.1) is 0 Å². The van der Waals surface area contributed by atoms with Crippen LogP contribution in [-0.2, 0) is 0 Å². The summed E-state index contributed by atoms with van der Waals surface area (Å²) in [4.78, 5) is 9.90. The van der Waals surface area contributed by atoms with Crippen molar-refractivity contribution in [2.45, 2.75) is 0 Å². The zero-order chi connectivity index (χ0) is 38.2. The molecule has 9 rings (SSSR count). The Morgan fingerprint density at radius 1 is 0.393 bits per heavy atom. The number of methoxy groups -OCH3 is 4. The lowest BCUT2D eigenvalue weighted by Gasteiger charge is -2.15. The Labute approximate surface area is 324 Å². The Hall–Kier alpha value is -7.32. The van der Waals surface area contributed by atoms with Gasteiger partial charge in [0, 0.05) is 45.7 Å². The van der Waals surface area contributed by atoms with Gasteiger partial charge in [-0.15, -0.1) is 0 Å². The van der Waals surface area contributed by atoms with Crippen LogP contribution in [0.25, 0.3) is 80.0 Å². The van der Waals surface area contributed by atoms with Crippen molar-refractivity contribution < 1.29 is 18.9 Å². The molecular weight excluding hydrogens is 697 g/mol. The number of benzene rings is 4. The summed E-state index contributed by atoms with van der Waals surface area (Å²) in [6.07, 6.45) is 8.08. The number of ether oxygens (including phenoxy) is 4. The molecular formula is C48H38N4O4. The van der Waals surface area contributed by atoms with Crippen molar-refractivity contribution in [2.24, 2.45) is 0 Å². The number of fused-ring (bicyclic) bond motifs is 10. The van der Waals surface area contributed by atoms with Gasteiger partial charge >= 0.3 is 0 Å². The molecule has 8 bridgehead atoms. The first-order valence-electron chi connectivity index (χ1n) is 18.3. The third kappa shape index (κ3) is 6.27. The number of hydrogen-bond donors (Lipinski definition) is 0. The zero-order valence-electron chi connectivity index (χ0n) is 31.4. The third-order valence-corrected chi connectivity index (χ3v) is 10.1. The maximum atomic E-state index is 5.81. The third-order valence-electron chi connectivity index (χ3n) is 10.1. The summed E-state index contributed by atoms with van der Waals surface area (Å²) >= 11 is 0. The predicted octanol–water partition coefficient (Wildman–Crippen LogP) is 10.9. The molecule has 3 aromatic heterocycles. The molecule has 0 atom stereocenters. The van der Waals surface area contributed by atoms with E-state index < -0.39 is 0 Å². The largest absolute Gasteiger partial charge is 0.497 e. The number of aromatic nitrogens is 4. The standard InChI is InChI=1S/C48H38N4O4/c1-53-39-13-5-9-31(25-39)43-29-37-21-17-33-19-23-45(49-33)46-24-20-34(50-46)18-22-38-30-44(32-10-6-14-40(26-32)54-2)48(52(38)36-12-8-16-42(28-36)56-4)47(43)51(37)35-11-7-15-41(27-35)55-3/h5-30H,1-4H3. The number of hydrogen-bond acceptors (Lipinski definition) is 6. The highest BCUT2D eigenvalue weighted by atomic mass is 16.5. The molecule has 0 unspecified atom stereocenters. The lowest BCUT2D eigenvalue weighted by Crippen LogP contribution is -2.00. The van der Waals surface area contributed by atoms with Gasteiger partial charge in [0.2, 0.25) is 0 Å². The average Bonchev–Trinajstić information content (AvgIpc) is 4.07. The van der Waals surface area contributed by atoms with Crippen LogP contribution in [0.15, 0.2) is 133 Å². The Morgan fingerprint density at radius 2 is 0.786 bits per heavy atom. The molecule has 0 spiro atoms. The van der Waals surface area contributed by atoms with Crippen molar-refractivity contribution >= 4 is 46.4 Å². The highest BCUT2D eigenvalue weighted by molar-refractivity contribution is 6.06. The van der Waals surface area contributed by atoms with Gasteiger partial charge in [-0.1, -0.05) is 36.4 Å². The van der Waals surface area contributed by atoms with E-state index in [1.165, 1.54) is 0 Å². The Morgan fingerprint density at radius 3 is 1.20 bits per heavy atom. The average molecular weight is 735 g/mol. The van der Waals surface area contributed by atoms with Gasteiger partial charge in [-0.05, 0) is 120 Å². The van der Waals surface area contributed by atoms with Crippen molar-refractivity contribution in [3.8, 4) is 56.6 Å². The molecule has 7 aromatic rings. The SMILES string of the molecule is COc1cccc(-c2cc3ccc4nc(c5nc(ccc6cc(-c7cccc(OC)c7)c(c2n3-c2cccc(OC)c2)n6-c2cccc(OC)c2)C=C5)C=C4)c1. The Balaban J connectivity index is 1.58. The summed E-state index contributed by atoms with van der Waals surface area (Å²) in [5.74, 6) is 3.00. The minimum absolute atomic E-state index is 0.741. The lowest BCUT2D eigenvalue weighted by atomic mass is 10.0. The molecule has 0 N–H and O–H groups in total. The van der Waals surface area contributed by atoms with Crippen molar-refractivity contribution in [3.63, 3.8) is 0 Å². The lowest BCUT2D eigenvalue weighted by molar-refractivity contribution is 0.414. The van der Waals surface area contributed by atoms with E-state index in [-0.39, 0.29) is 0 Å². The second-order valence-electron chi connectivity index (χ2n) is 13.4. The van der Waals surface area contributed by atoms with Gasteiger partial charge in [0.05, 0.1) is 62.2 Å². The van der Waals surface area contributed by atoms with Gasteiger partial charge in [-0.3, -0.25) is 0 Å². The first kappa shape index (κ1) is 34.4. The summed E-state index contributed by atoms with van der Waals surface area (Å²) in [7, 11) is 6.78. The molecule has 0 saturated carbocycles. The molecule has 0 amide bonds. The van der Waals surface area contributed by atoms with Crippen LogP contribution in [0.1, 0.15) is 22.8 Å². The predicted molar refractivity (Wildman–Crippen MR) is 226 cm³/mol. The molecule has 2 aliphatic rings. The summed E-state index contributed by atoms with van der Waals surface area (Å²) in [6.45, 7) is 0. The molecule has 0 aliphatic carbocycles. The maximum absolute atomic E-state index is 5.81. The van der Waals surface area contributed by atoms with Crippen molar-refractivity contribution in [2.75, 3.05) is 28.4 Å². The van der Waals surface area contributed by atoms with E-state index in [9.17, 15) is 0 Å². The summed E-state index contributed by atoms with van der Waals surface area (Å²) in [5, 5.41) is 0. The minimum Gasteiger partial charge on any atom is -0.497 e. The van der Waals surface area contributed by atoms with Crippen LogP contribution in [0.2, 0.25) is 0 Å². The van der Waals surface area contributed by atoms with Gasteiger partial charge in [-0.25, -0.2) is 9.97 Å². The monoisotopic (exact) mass is 734 g/mol. The molecule has 0 saturated heterocycles. The Kier molecular flexibility index (Phi) is 8.91. The van der Waals surface area contributed by atoms with E-state index in [1.807, 2.05) is 72.8 Å². The minimum atomic E-state index is 0.741. The molecule has 4 aromatic carbocycles. The van der Waals surface area contributed by atoms with Gasteiger partial charge in [0.15, 0.2) is 0 Å². The normalized spacial score (nSPS) is 11.8.